The molecule has 2 rings (SSSR count). The van der Waals surface area contributed by atoms with Crippen LogP contribution in [0.1, 0.15) is 37.6 Å². The fraction of sp³-hybridized carbons (Fsp3) is 0.286. The predicted molar refractivity (Wildman–Crippen MR) is 108 cm³/mol. The normalized spacial score (nSPS) is 10.9. The quantitative estimate of drug-likeness (QED) is 0.590. The van der Waals surface area contributed by atoms with E-state index in [0.29, 0.717) is 11.8 Å². The van der Waals surface area contributed by atoms with Crippen LogP contribution in [0.25, 0.3) is 0 Å². The minimum Gasteiger partial charge on any atom is -0.444 e. The molecule has 0 aliphatic heterocycles. The highest BCUT2D eigenvalue weighted by molar-refractivity contribution is 6.05. The molecule has 0 bridgehead atoms. The molecule has 166 valence electrons. The van der Waals surface area contributed by atoms with Crippen molar-refractivity contribution in [2.24, 2.45) is 0 Å². The summed E-state index contributed by atoms with van der Waals surface area (Å²) in [6, 6.07) is 7.41. The summed E-state index contributed by atoms with van der Waals surface area (Å²) in [6.07, 6.45) is -0.676. The van der Waals surface area contributed by atoms with Gasteiger partial charge in [0.2, 0.25) is 5.91 Å². The Hall–Kier alpha value is -3.56. The second kappa shape index (κ2) is 9.96. The van der Waals surface area contributed by atoms with Crippen LogP contribution in [0, 0.1) is 17.5 Å². The van der Waals surface area contributed by atoms with Crippen LogP contribution in [0.2, 0.25) is 0 Å². The van der Waals surface area contributed by atoms with Crippen LogP contribution in [0.15, 0.2) is 36.4 Å². The highest BCUT2D eigenvalue weighted by Crippen LogP contribution is 2.19. The molecule has 3 N–H and O–H groups in total. The zero-order chi connectivity index (χ0) is 23.2. The van der Waals surface area contributed by atoms with E-state index in [1.165, 1.54) is 18.2 Å². The first-order chi connectivity index (χ1) is 14.5. The van der Waals surface area contributed by atoms with Crippen molar-refractivity contribution in [2.45, 2.75) is 32.8 Å². The number of halogens is 3. The van der Waals surface area contributed by atoms with Crippen LogP contribution in [0.4, 0.5) is 29.3 Å². The lowest BCUT2D eigenvalue weighted by atomic mass is 10.1. The zero-order valence-corrected chi connectivity index (χ0v) is 17.1. The van der Waals surface area contributed by atoms with Crippen molar-refractivity contribution in [3.05, 3.63) is 59.4 Å². The fourth-order valence-corrected chi connectivity index (χ4v) is 2.39. The van der Waals surface area contributed by atoms with Crippen LogP contribution < -0.4 is 16.0 Å². The van der Waals surface area contributed by atoms with Gasteiger partial charge in [0.15, 0.2) is 17.5 Å². The minimum atomic E-state index is -1.74. The average molecular weight is 437 g/mol. The third-order valence-electron chi connectivity index (χ3n) is 3.70. The van der Waals surface area contributed by atoms with Crippen LogP contribution in [-0.4, -0.2) is 30.1 Å². The molecule has 0 fully saturated rings. The van der Waals surface area contributed by atoms with E-state index in [0.717, 1.165) is 6.07 Å². The summed E-state index contributed by atoms with van der Waals surface area (Å²) in [5.41, 5.74) is -0.800. The summed E-state index contributed by atoms with van der Waals surface area (Å²) < 4.78 is 45.1. The van der Waals surface area contributed by atoms with E-state index in [4.69, 9.17) is 4.74 Å². The number of benzene rings is 2. The summed E-state index contributed by atoms with van der Waals surface area (Å²) in [4.78, 5) is 35.7. The van der Waals surface area contributed by atoms with E-state index >= 15 is 0 Å². The van der Waals surface area contributed by atoms with Gasteiger partial charge in [0, 0.05) is 24.3 Å². The Morgan fingerprint density at radius 3 is 2.23 bits per heavy atom. The number of hydrogen-bond donors (Lipinski definition) is 3. The van der Waals surface area contributed by atoms with Gasteiger partial charge < -0.3 is 20.7 Å². The van der Waals surface area contributed by atoms with Gasteiger partial charge in [0.1, 0.15) is 5.60 Å². The second-order valence-electron chi connectivity index (χ2n) is 7.48. The van der Waals surface area contributed by atoms with Gasteiger partial charge in [0.25, 0.3) is 5.91 Å². The summed E-state index contributed by atoms with van der Waals surface area (Å²) in [7, 11) is 0. The number of ether oxygens (including phenoxy) is 1. The molecule has 0 spiro atoms. The predicted octanol–water partition coefficient (Wildman–Crippen LogP) is 4.21. The topological polar surface area (TPSA) is 96.5 Å². The second-order valence-corrected chi connectivity index (χ2v) is 7.48. The van der Waals surface area contributed by atoms with Gasteiger partial charge in [-0.3, -0.25) is 9.59 Å². The molecule has 2 aromatic rings. The van der Waals surface area contributed by atoms with Crippen molar-refractivity contribution in [3.63, 3.8) is 0 Å². The molecule has 31 heavy (non-hydrogen) atoms. The van der Waals surface area contributed by atoms with Gasteiger partial charge in [0.05, 0.1) is 5.56 Å². The van der Waals surface area contributed by atoms with Crippen molar-refractivity contribution < 1.29 is 32.3 Å². The maximum atomic E-state index is 13.8. The van der Waals surface area contributed by atoms with Crippen molar-refractivity contribution in [1.82, 2.24) is 5.32 Å². The van der Waals surface area contributed by atoms with Crippen LogP contribution in [-0.2, 0) is 9.53 Å². The van der Waals surface area contributed by atoms with Crippen molar-refractivity contribution in [2.75, 3.05) is 17.2 Å². The molecule has 10 heteroatoms. The Kier molecular flexibility index (Phi) is 7.62. The summed E-state index contributed by atoms with van der Waals surface area (Å²) in [5.74, 6) is -6.14. The Morgan fingerprint density at radius 1 is 0.935 bits per heavy atom. The molecule has 0 unspecified atom stereocenters. The summed E-state index contributed by atoms with van der Waals surface area (Å²) in [5, 5.41) is 7.38. The molecule has 0 atom stereocenters. The van der Waals surface area contributed by atoms with E-state index in [2.05, 4.69) is 16.0 Å². The maximum Gasteiger partial charge on any atom is 0.407 e. The highest BCUT2D eigenvalue weighted by atomic mass is 19.2. The largest absolute Gasteiger partial charge is 0.444 e. The molecule has 2 aromatic carbocycles. The molecule has 0 aromatic heterocycles. The number of anilines is 2. The number of amides is 3. The molecule has 0 heterocycles. The van der Waals surface area contributed by atoms with Crippen molar-refractivity contribution in [3.8, 4) is 0 Å². The summed E-state index contributed by atoms with van der Waals surface area (Å²) >= 11 is 0. The van der Waals surface area contributed by atoms with Crippen molar-refractivity contribution >= 4 is 29.3 Å². The van der Waals surface area contributed by atoms with Crippen molar-refractivity contribution in [1.29, 1.82) is 0 Å². The van der Waals surface area contributed by atoms with E-state index in [9.17, 15) is 27.6 Å². The fourth-order valence-electron chi connectivity index (χ4n) is 2.39. The first kappa shape index (κ1) is 23.7. The van der Waals surface area contributed by atoms with Gasteiger partial charge in [-0.2, -0.15) is 0 Å². The highest BCUT2D eigenvalue weighted by Gasteiger charge is 2.19. The lowest BCUT2D eigenvalue weighted by Gasteiger charge is -2.19. The monoisotopic (exact) mass is 437 g/mol. The Labute approximate surface area is 177 Å². The lowest BCUT2D eigenvalue weighted by molar-refractivity contribution is -0.116. The molecular formula is C21H22F3N3O4. The number of hydrogen-bond acceptors (Lipinski definition) is 4. The number of rotatable bonds is 6. The van der Waals surface area contributed by atoms with E-state index < -0.39 is 46.5 Å². The van der Waals surface area contributed by atoms with E-state index in [1.54, 1.807) is 26.8 Å². The molecule has 7 nitrogen and oxygen atoms in total. The maximum absolute atomic E-state index is 13.8. The van der Waals surface area contributed by atoms with Gasteiger partial charge in [-0.15, -0.1) is 0 Å². The lowest BCUT2D eigenvalue weighted by Crippen LogP contribution is -2.34. The van der Waals surface area contributed by atoms with Crippen LogP contribution >= 0.6 is 0 Å². The summed E-state index contributed by atoms with van der Waals surface area (Å²) in [6.45, 7) is 5.19. The molecule has 0 radical (unpaired) electrons. The van der Waals surface area contributed by atoms with Gasteiger partial charge in [-0.25, -0.2) is 18.0 Å². The van der Waals surface area contributed by atoms with Gasteiger partial charge in [-0.1, -0.05) is 6.07 Å². The van der Waals surface area contributed by atoms with Gasteiger partial charge >= 0.3 is 6.09 Å². The Balaban J connectivity index is 1.92. The Bertz CT molecular complexity index is 990. The number of carbonyl (C=O) groups is 3. The van der Waals surface area contributed by atoms with E-state index in [1.807, 2.05) is 0 Å². The average Bonchev–Trinajstić information content (AvgIpc) is 2.65. The minimum absolute atomic E-state index is 0.0318. The molecule has 0 saturated heterocycles. The van der Waals surface area contributed by atoms with Crippen LogP contribution in [0.3, 0.4) is 0 Å². The molecule has 3 amide bonds. The standard InChI is InChI=1S/C21H22F3N3O4/c1-21(2,3)31-20(30)25-10-9-16(28)26-12-5-4-6-13(11-12)27-19(29)14-7-8-15(22)18(24)17(14)23/h4-8,11H,9-10H2,1-3H3,(H,25,30)(H,26,28)(H,27,29). The van der Waals surface area contributed by atoms with E-state index in [-0.39, 0.29) is 18.7 Å². The number of nitrogens with one attached hydrogen (secondary N) is 3. The first-order valence-corrected chi connectivity index (χ1v) is 9.28. The van der Waals surface area contributed by atoms with Crippen LogP contribution in [0.5, 0.6) is 0 Å². The number of alkyl carbamates (subject to hydrolysis) is 1. The SMILES string of the molecule is CC(C)(C)OC(=O)NCCC(=O)Nc1cccc(NC(=O)c2ccc(F)c(F)c2F)c1. The molecule has 0 aliphatic carbocycles. The first-order valence-electron chi connectivity index (χ1n) is 9.28. The smallest absolute Gasteiger partial charge is 0.407 e. The van der Waals surface area contributed by atoms with Gasteiger partial charge in [-0.05, 0) is 51.1 Å². The molecular weight excluding hydrogens is 415 g/mol. The Morgan fingerprint density at radius 2 is 1.58 bits per heavy atom. The molecule has 0 saturated carbocycles. The zero-order valence-electron chi connectivity index (χ0n) is 17.1. The third kappa shape index (κ3) is 7.32. The number of carbonyl (C=O) groups excluding carboxylic acids is 3. The molecule has 0 aliphatic rings. The third-order valence-corrected chi connectivity index (χ3v) is 3.70.